The van der Waals surface area contributed by atoms with Crippen LogP contribution in [0, 0.1) is 0 Å². The van der Waals surface area contributed by atoms with Gasteiger partial charge in [-0.2, -0.15) is 0 Å². The molecule has 0 aliphatic carbocycles. The minimum atomic E-state index is 0.977. The van der Waals surface area contributed by atoms with Crippen molar-refractivity contribution in [2.24, 2.45) is 0 Å². The summed E-state index contributed by atoms with van der Waals surface area (Å²) in [4.78, 5) is 5.78. The van der Waals surface area contributed by atoms with Gasteiger partial charge in [-0.15, -0.1) is 0 Å². The number of H-pyrrole nitrogens is 1. The lowest BCUT2D eigenvalue weighted by molar-refractivity contribution is 0.323. The Morgan fingerprint density at radius 2 is 1.56 bits per heavy atom. The fourth-order valence-electron chi connectivity index (χ4n) is 3.70. The number of fused-ring (bicyclic) bond motifs is 1. The van der Waals surface area contributed by atoms with Gasteiger partial charge in [0.2, 0.25) is 0 Å². The predicted molar refractivity (Wildman–Crippen MR) is 115 cm³/mol. The van der Waals surface area contributed by atoms with Gasteiger partial charge in [-0.1, -0.05) is 72.8 Å². The average molecular weight is 354 g/mol. The Hall–Kier alpha value is -2.84. The molecule has 27 heavy (non-hydrogen) atoms. The maximum absolute atomic E-state index is 3.37. The molecule has 0 aliphatic rings. The Labute approximate surface area is 161 Å². The van der Waals surface area contributed by atoms with Crippen LogP contribution >= 0.6 is 0 Å². The van der Waals surface area contributed by atoms with E-state index < -0.39 is 0 Å². The van der Waals surface area contributed by atoms with E-state index in [2.05, 4.69) is 95.8 Å². The molecule has 3 aromatic carbocycles. The van der Waals surface area contributed by atoms with Crippen LogP contribution in [0.1, 0.15) is 17.5 Å². The number of hydrogen-bond donors (Lipinski definition) is 1. The van der Waals surface area contributed by atoms with Gasteiger partial charge in [0.1, 0.15) is 0 Å². The van der Waals surface area contributed by atoms with E-state index in [0.717, 1.165) is 19.5 Å². The molecule has 0 bridgehead atoms. The Morgan fingerprint density at radius 1 is 0.778 bits per heavy atom. The van der Waals surface area contributed by atoms with Gasteiger partial charge in [-0.05, 0) is 60.1 Å². The first-order chi connectivity index (χ1) is 13.3. The number of para-hydroxylation sites is 1. The Kier molecular flexibility index (Phi) is 5.36. The highest BCUT2D eigenvalue weighted by Gasteiger charge is 2.06. The molecule has 1 aromatic heterocycles. The standard InChI is InChI=1S/C25H26N2/c1-27(19-24-11-5-10-23-16-17-26-25(23)24)18-6-7-20-12-14-22(15-13-20)21-8-3-2-4-9-21/h2-5,8-17,26H,6-7,18-19H2,1H3. The van der Waals surface area contributed by atoms with Crippen LogP contribution in [0.2, 0.25) is 0 Å². The van der Waals surface area contributed by atoms with Gasteiger partial charge >= 0.3 is 0 Å². The minimum Gasteiger partial charge on any atom is -0.361 e. The lowest BCUT2D eigenvalue weighted by Crippen LogP contribution is -2.19. The van der Waals surface area contributed by atoms with Crippen molar-refractivity contribution in [3.8, 4) is 11.1 Å². The van der Waals surface area contributed by atoms with E-state index in [1.165, 1.54) is 39.6 Å². The Morgan fingerprint density at radius 3 is 2.37 bits per heavy atom. The van der Waals surface area contributed by atoms with Crippen molar-refractivity contribution in [2.75, 3.05) is 13.6 Å². The van der Waals surface area contributed by atoms with Crippen molar-refractivity contribution >= 4 is 10.9 Å². The van der Waals surface area contributed by atoms with Crippen LogP contribution < -0.4 is 0 Å². The van der Waals surface area contributed by atoms with Crippen LogP contribution in [-0.2, 0) is 13.0 Å². The van der Waals surface area contributed by atoms with Gasteiger partial charge in [-0.3, -0.25) is 0 Å². The molecule has 0 saturated carbocycles. The van der Waals surface area contributed by atoms with E-state index in [1.54, 1.807) is 0 Å². The Balaban J connectivity index is 1.30. The van der Waals surface area contributed by atoms with Gasteiger partial charge < -0.3 is 9.88 Å². The van der Waals surface area contributed by atoms with Crippen LogP contribution in [-0.4, -0.2) is 23.5 Å². The van der Waals surface area contributed by atoms with Crippen LogP contribution in [0.4, 0.5) is 0 Å². The largest absolute Gasteiger partial charge is 0.361 e. The molecule has 0 spiro atoms. The molecule has 0 amide bonds. The second-order valence-corrected chi connectivity index (χ2v) is 7.26. The number of rotatable bonds is 7. The van der Waals surface area contributed by atoms with Crippen molar-refractivity contribution in [3.63, 3.8) is 0 Å². The molecule has 1 heterocycles. The van der Waals surface area contributed by atoms with Gasteiger partial charge in [-0.25, -0.2) is 0 Å². The normalized spacial score (nSPS) is 11.3. The van der Waals surface area contributed by atoms with Crippen molar-refractivity contribution < 1.29 is 0 Å². The van der Waals surface area contributed by atoms with Crippen LogP contribution in [0.3, 0.4) is 0 Å². The zero-order chi connectivity index (χ0) is 18.5. The molecule has 0 radical (unpaired) electrons. The summed E-state index contributed by atoms with van der Waals surface area (Å²) in [6.45, 7) is 2.07. The van der Waals surface area contributed by atoms with E-state index in [-0.39, 0.29) is 0 Å². The number of nitrogens with zero attached hydrogens (tertiary/aromatic N) is 1. The number of benzene rings is 3. The third kappa shape index (κ3) is 4.29. The number of aryl methyl sites for hydroxylation is 1. The van der Waals surface area contributed by atoms with E-state index in [4.69, 9.17) is 0 Å². The summed E-state index contributed by atoms with van der Waals surface area (Å²) in [6, 6.07) is 28.2. The summed E-state index contributed by atoms with van der Waals surface area (Å²) < 4.78 is 0. The summed E-state index contributed by atoms with van der Waals surface area (Å²) in [7, 11) is 2.21. The summed E-state index contributed by atoms with van der Waals surface area (Å²) in [6.07, 6.45) is 4.31. The summed E-state index contributed by atoms with van der Waals surface area (Å²) in [5, 5.41) is 1.29. The topological polar surface area (TPSA) is 19.0 Å². The molecule has 0 saturated heterocycles. The highest BCUT2D eigenvalue weighted by Crippen LogP contribution is 2.20. The van der Waals surface area contributed by atoms with E-state index >= 15 is 0 Å². The van der Waals surface area contributed by atoms with Gasteiger partial charge in [0, 0.05) is 18.3 Å². The lowest BCUT2D eigenvalue weighted by atomic mass is 10.0. The maximum Gasteiger partial charge on any atom is 0.0499 e. The number of aromatic nitrogens is 1. The predicted octanol–water partition coefficient (Wildman–Crippen LogP) is 5.90. The smallest absolute Gasteiger partial charge is 0.0499 e. The molecule has 136 valence electrons. The highest BCUT2D eigenvalue weighted by atomic mass is 15.1. The third-order valence-electron chi connectivity index (χ3n) is 5.18. The molecule has 1 N–H and O–H groups in total. The van der Waals surface area contributed by atoms with Crippen molar-refractivity contribution in [3.05, 3.63) is 96.2 Å². The third-order valence-corrected chi connectivity index (χ3v) is 5.18. The lowest BCUT2D eigenvalue weighted by Gasteiger charge is -2.17. The van der Waals surface area contributed by atoms with Crippen LogP contribution in [0.5, 0.6) is 0 Å². The Bertz CT molecular complexity index is 984. The SMILES string of the molecule is CN(CCCc1ccc(-c2ccccc2)cc1)Cc1cccc2cc[nH]c12. The van der Waals surface area contributed by atoms with Gasteiger partial charge in [0.15, 0.2) is 0 Å². The second-order valence-electron chi connectivity index (χ2n) is 7.26. The zero-order valence-electron chi connectivity index (χ0n) is 15.9. The van der Waals surface area contributed by atoms with Gasteiger partial charge in [0.05, 0.1) is 0 Å². The molecule has 4 aromatic rings. The van der Waals surface area contributed by atoms with E-state index in [1.807, 2.05) is 6.20 Å². The summed E-state index contributed by atoms with van der Waals surface area (Å²) in [5.41, 5.74) is 6.61. The molecule has 0 atom stereocenters. The van der Waals surface area contributed by atoms with Crippen LogP contribution in [0.15, 0.2) is 85.1 Å². The average Bonchev–Trinajstić information content (AvgIpc) is 3.19. The molecular formula is C25H26N2. The van der Waals surface area contributed by atoms with Gasteiger partial charge in [0.25, 0.3) is 0 Å². The molecular weight excluding hydrogens is 328 g/mol. The second kappa shape index (κ2) is 8.24. The first kappa shape index (κ1) is 17.6. The van der Waals surface area contributed by atoms with E-state index in [9.17, 15) is 0 Å². The zero-order valence-corrected chi connectivity index (χ0v) is 15.9. The summed E-state index contributed by atoms with van der Waals surface area (Å²) in [5.74, 6) is 0. The molecule has 0 fully saturated rings. The number of aromatic amines is 1. The molecule has 2 heteroatoms. The highest BCUT2D eigenvalue weighted by molar-refractivity contribution is 5.82. The maximum atomic E-state index is 3.37. The molecule has 4 rings (SSSR count). The molecule has 0 aliphatic heterocycles. The van der Waals surface area contributed by atoms with E-state index in [0.29, 0.717) is 0 Å². The fraction of sp³-hybridized carbons (Fsp3) is 0.200. The number of hydrogen-bond acceptors (Lipinski definition) is 1. The summed E-state index contributed by atoms with van der Waals surface area (Å²) >= 11 is 0. The minimum absolute atomic E-state index is 0.977. The van der Waals surface area contributed by atoms with Crippen molar-refractivity contribution in [1.29, 1.82) is 0 Å². The van der Waals surface area contributed by atoms with Crippen molar-refractivity contribution in [1.82, 2.24) is 9.88 Å². The number of nitrogens with one attached hydrogen (secondary N) is 1. The quantitative estimate of drug-likeness (QED) is 0.438. The monoisotopic (exact) mass is 354 g/mol. The fourth-order valence-corrected chi connectivity index (χ4v) is 3.70. The molecule has 2 nitrogen and oxygen atoms in total. The van der Waals surface area contributed by atoms with Crippen LogP contribution in [0.25, 0.3) is 22.0 Å². The van der Waals surface area contributed by atoms with Crippen molar-refractivity contribution in [2.45, 2.75) is 19.4 Å². The first-order valence-electron chi connectivity index (χ1n) is 9.67. The molecule has 0 unspecified atom stereocenters. The first-order valence-corrected chi connectivity index (χ1v) is 9.67.